The van der Waals surface area contributed by atoms with E-state index in [0.29, 0.717) is 23.7 Å². The first-order chi connectivity index (χ1) is 9.40. The number of ether oxygens (including phenoxy) is 1. The normalized spacial score (nSPS) is 10.4. The molecular formula is C15H22N2O2S. The molecule has 110 valence electrons. The Bertz CT molecular complexity index is 457. The topological polar surface area (TPSA) is 55.6 Å². The van der Waals surface area contributed by atoms with Crippen LogP contribution in [-0.2, 0) is 4.79 Å². The van der Waals surface area contributed by atoms with Gasteiger partial charge in [0.15, 0.2) is 6.61 Å². The molecule has 0 saturated heterocycles. The summed E-state index contributed by atoms with van der Waals surface area (Å²) in [5, 5.41) is 0. The van der Waals surface area contributed by atoms with Crippen molar-refractivity contribution in [3.8, 4) is 5.75 Å². The Hall–Kier alpha value is -1.62. The second-order valence-corrected chi connectivity index (χ2v) is 5.52. The number of carbonyl (C=O) groups is 1. The largest absolute Gasteiger partial charge is 0.484 e. The zero-order valence-corrected chi connectivity index (χ0v) is 13.1. The number of hydrogen-bond acceptors (Lipinski definition) is 3. The summed E-state index contributed by atoms with van der Waals surface area (Å²) in [5.74, 6) is 0.638. The van der Waals surface area contributed by atoms with Crippen LogP contribution in [0.25, 0.3) is 0 Å². The second kappa shape index (κ2) is 7.85. The Morgan fingerprint density at radius 1 is 1.35 bits per heavy atom. The molecule has 0 aliphatic heterocycles. The van der Waals surface area contributed by atoms with Crippen molar-refractivity contribution in [3.63, 3.8) is 0 Å². The lowest BCUT2D eigenvalue weighted by Gasteiger charge is -2.26. The van der Waals surface area contributed by atoms with E-state index in [1.54, 1.807) is 4.90 Å². The molecule has 0 aliphatic rings. The van der Waals surface area contributed by atoms with E-state index in [4.69, 9.17) is 22.7 Å². The van der Waals surface area contributed by atoms with E-state index in [9.17, 15) is 4.79 Å². The van der Waals surface area contributed by atoms with Crippen LogP contribution in [0.1, 0.15) is 25.8 Å². The molecule has 2 N–H and O–H groups in total. The molecule has 0 atom stereocenters. The number of thiocarbonyl (C=S) groups is 1. The van der Waals surface area contributed by atoms with Gasteiger partial charge in [-0.25, -0.2) is 0 Å². The van der Waals surface area contributed by atoms with Gasteiger partial charge in [-0.15, -0.1) is 0 Å². The summed E-state index contributed by atoms with van der Waals surface area (Å²) in [4.78, 5) is 14.3. The molecule has 4 nitrogen and oxygen atoms in total. The Kier molecular flexibility index (Phi) is 6.45. The fraction of sp³-hybridized carbons (Fsp3) is 0.467. The van der Waals surface area contributed by atoms with Gasteiger partial charge < -0.3 is 15.4 Å². The van der Waals surface area contributed by atoms with Crippen molar-refractivity contribution in [3.05, 3.63) is 29.8 Å². The highest BCUT2D eigenvalue weighted by Crippen LogP contribution is 2.12. The van der Waals surface area contributed by atoms with Gasteiger partial charge in [-0.1, -0.05) is 29.9 Å². The summed E-state index contributed by atoms with van der Waals surface area (Å²) >= 11 is 4.85. The SMILES string of the molecule is Cc1ccc(OCC(=O)N(CCC(N)=S)C(C)C)cc1. The van der Waals surface area contributed by atoms with E-state index in [-0.39, 0.29) is 18.6 Å². The molecule has 0 saturated carbocycles. The van der Waals surface area contributed by atoms with Crippen molar-refractivity contribution in [2.45, 2.75) is 33.2 Å². The van der Waals surface area contributed by atoms with Crippen molar-refractivity contribution in [2.24, 2.45) is 5.73 Å². The smallest absolute Gasteiger partial charge is 0.260 e. The van der Waals surface area contributed by atoms with Crippen LogP contribution in [0.4, 0.5) is 0 Å². The van der Waals surface area contributed by atoms with E-state index >= 15 is 0 Å². The van der Waals surface area contributed by atoms with Crippen molar-refractivity contribution in [2.75, 3.05) is 13.2 Å². The number of carbonyl (C=O) groups excluding carboxylic acids is 1. The lowest BCUT2D eigenvalue weighted by Crippen LogP contribution is -2.41. The van der Waals surface area contributed by atoms with Gasteiger partial charge in [0.05, 0.1) is 4.99 Å². The molecule has 0 spiro atoms. The first-order valence-corrected chi connectivity index (χ1v) is 7.08. The molecular weight excluding hydrogens is 272 g/mol. The van der Waals surface area contributed by atoms with Crippen LogP contribution in [0, 0.1) is 6.92 Å². The molecule has 0 unspecified atom stereocenters. The highest BCUT2D eigenvalue weighted by molar-refractivity contribution is 7.80. The maximum atomic E-state index is 12.2. The van der Waals surface area contributed by atoms with E-state index < -0.39 is 0 Å². The number of rotatable bonds is 7. The second-order valence-electron chi connectivity index (χ2n) is 5.00. The molecule has 1 aromatic carbocycles. The van der Waals surface area contributed by atoms with Crippen molar-refractivity contribution >= 4 is 23.1 Å². The van der Waals surface area contributed by atoms with Gasteiger partial charge in [0, 0.05) is 19.0 Å². The molecule has 0 radical (unpaired) electrons. The molecule has 0 fully saturated rings. The molecule has 0 heterocycles. The van der Waals surface area contributed by atoms with Crippen LogP contribution >= 0.6 is 12.2 Å². The van der Waals surface area contributed by atoms with Gasteiger partial charge >= 0.3 is 0 Å². The van der Waals surface area contributed by atoms with Gasteiger partial charge in [-0.05, 0) is 32.9 Å². The first-order valence-electron chi connectivity index (χ1n) is 6.67. The lowest BCUT2D eigenvalue weighted by molar-refractivity contribution is -0.134. The maximum Gasteiger partial charge on any atom is 0.260 e. The number of hydrogen-bond donors (Lipinski definition) is 1. The van der Waals surface area contributed by atoms with Gasteiger partial charge in [0.2, 0.25) is 0 Å². The molecule has 1 amide bonds. The molecule has 1 aromatic rings. The maximum absolute atomic E-state index is 12.2. The summed E-state index contributed by atoms with van der Waals surface area (Å²) in [5.41, 5.74) is 6.64. The van der Waals surface area contributed by atoms with E-state index in [1.807, 2.05) is 45.0 Å². The van der Waals surface area contributed by atoms with Gasteiger partial charge in [-0.2, -0.15) is 0 Å². The standard InChI is InChI=1S/C15H22N2O2S/c1-11(2)17(9-8-14(16)20)15(18)10-19-13-6-4-12(3)5-7-13/h4-7,11H,8-10H2,1-3H3,(H2,16,20). The zero-order chi connectivity index (χ0) is 15.1. The molecule has 5 heteroatoms. The van der Waals surface area contributed by atoms with E-state index in [0.717, 1.165) is 5.56 Å². The van der Waals surface area contributed by atoms with Gasteiger partial charge in [0.25, 0.3) is 5.91 Å². The Morgan fingerprint density at radius 2 is 1.95 bits per heavy atom. The van der Waals surface area contributed by atoms with Crippen molar-refractivity contribution < 1.29 is 9.53 Å². The highest BCUT2D eigenvalue weighted by atomic mass is 32.1. The van der Waals surface area contributed by atoms with Crippen LogP contribution < -0.4 is 10.5 Å². The fourth-order valence-corrected chi connectivity index (χ4v) is 1.86. The quantitative estimate of drug-likeness (QED) is 0.784. The summed E-state index contributed by atoms with van der Waals surface area (Å²) in [6.45, 7) is 6.49. The Morgan fingerprint density at radius 3 is 2.45 bits per heavy atom. The summed E-state index contributed by atoms with van der Waals surface area (Å²) in [7, 11) is 0. The molecule has 1 rings (SSSR count). The lowest BCUT2D eigenvalue weighted by atomic mass is 10.2. The highest BCUT2D eigenvalue weighted by Gasteiger charge is 2.17. The predicted molar refractivity (Wildman–Crippen MR) is 84.9 cm³/mol. The summed E-state index contributed by atoms with van der Waals surface area (Å²) in [6, 6.07) is 7.72. The number of aryl methyl sites for hydroxylation is 1. The third-order valence-corrected chi connectivity index (χ3v) is 3.13. The number of amides is 1. The summed E-state index contributed by atoms with van der Waals surface area (Å²) < 4.78 is 5.51. The van der Waals surface area contributed by atoms with Crippen molar-refractivity contribution in [1.29, 1.82) is 0 Å². The average molecular weight is 294 g/mol. The fourth-order valence-electron chi connectivity index (χ4n) is 1.76. The Balaban J connectivity index is 2.53. The minimum atomic E-state index is -0.0585. The zero-order valence-electron chi connectivity index (χ0n) is 12.3. The van der Waals surface area contributed by atoms with Crippen LogP contribution in [0.5, 0.6) is 5.75 Å². The monoisotopic (exact) mass is 294 g/mol. The summed E-state index contributed by atoms with van der Waals surface area (Å²) in [6.07, 6.45) is 0.532. The minimum Gasteiger partial charge on any atom is -0.484 e. The molecule has 0 aliphatic carbocycles. The van der Waals surface area contributed by atoms with E-state index in [1.165, 1.54) is 0 Å². The first kappa shape index (κ1) is 16.4. The van der Waals surface area contributed by atoms with Crippen LogP contribution in [0.2, 0.25) is 0 Å². The average Bonchev–Trinajstić information content (AvgIpc) is 2.37. The van der Waals surface area contributed by atoms with Gasteiger partial charge in [-0.3, -0.25) is 4.79 Å². The number of nitrogens with zero attached hydrogens (tertiary/aromatic N) is 1. The Labute approximate surface area is 125 Å². The number of benzene rings is 1. The van der Waals surface area contributed by atoms with E-state index in [2.05, 4.69) is 0 Å². The minimum absolute atomic E-state index is 0.0264. The predicted octanol–water partition coefficient (Wildman–Crippen LogP) is 2.29. The van der Waals surface area contributed by atoms with Crippen molar-refractivity contribution in [1.82, 2.24) is 4.90 Å². The molecule has 20 heavy (non-hydrogen) atoms. The van der Waals surface area contributed by atoms with Crippen LogP contribution in [0.15, 0.2) is 24.3 Å². The van der Waals surface area contributed by atoms with Gasteiger partial charge in [0.1, 0.15) is 5.75 Å². The third kappa shape index (κ3) is 5.57. The molecule has 0 aromatic heterocycles. The van der Waals surface area contributed by atoms with Crippen LogP contribution in [0.3, 0.4) is 0 Å². The van der Waals surface area contributed by atoms with Crippen LogP contribution in [-0.4, -0.2) is 35.0 Å². The molecule has 0 bridgehead atoms. The third-order valence-electron chi connectivity index (χ3n) is 2.93. The number of nitrogens with two attached hydrogens (primary N) is 1.